The number of carbonyl (C=O) groups is 2. The molecule has 1 fully saturated rings. The molecule has 1 aliphatic rings. The summed E-state index contributed by atoms with van der Waals surface area (Å²) in [4.78, 5) is 32.7. The zero-order chi connectivity index (χ0) is 19.8. The van der Waals surface area contributed by atoms with Gasteiger partial charge in [0.2, 0.25) is 11.8 Å². The van der Waals surface area contributed by atoms with Crippen molar-refractivity contribution >= 4 is 17.5 Å². The fraction of sp³-hybridized carbons (Fsp3) is 0.350. The first-order chi connectivity index (χ1) is 13.6. The van der Waals surface area contributed by atoms with E-state index < -0.39 is 0 Å². The van der Waals surface area contributed by atoms with Crippen molar-refractivity contribution in [2.75, 3.05) is 44.6 Å². The van der Waals surface area contributed by atoms with E-state index >= 15 is 0 Å². The maximum Gasteiger partial charge on any atom is 0.243 e. The number of halogens is 1. The minimum Gasteiger partial charge on any atom is -0.346 e. The third-order valence-electron chi connectivity index (χ3n) is 4.52. The van der Waals surface area contributed by atoms with Gasteiger partial charge in [-0.2, -0.15) is 0 Å². The van der Waals surface area contributed by atoms with Crippen LogP contribution in [0.4, 0.5) is 10.1 Å². The Morgan fingerprint density at radius 3 is 2.36 bits per heavy atom. The van der Waals surface area contributed by atoms with Gasteiger partial charge in [0.15, 0.2) is 0 Å². The van der Waals surface area contributed by atoms with Gasteiger partial charge in [-0.05, 0) is 36.4 Å². The van der Waals surface area contributed by atoms with E-state index in [4.69, 9.17) is 0 Å². The molecule has 1 aromatic heterocycles. The highest BCUT2D eigenvalue weighted by Crippen LogP contribution is 2.08. The van der Waals surface area contributed by atoms with Gasteiger partial charge >= 0.3 is 0 Å². The van der Waals surface area contributed by atoms with E-state index in [1.165, 1.54) is 24.3 Å². The molecule has 0 atom stereocenters. The number of hydrogen-bond donors (Lipinski definition) is 2. The molecule has 2 N–H and O–H groups in total. The van der Waals surface area contributed by atoms with Crippen LogP contribution in [-0.2, 0) is 16.1 Å². The van der Waals surface area contributed by atoms with E-state index in [-0.39, 0.29) is 30.7 Å². The molecular weight excluding hydrogens is 361 g/mol. The maximum atomic E-state index is 12.9. The van der Waals surface area contributed by atoms with Gasteiger partial charge < -0.3 is 10.6 Å². The molecule has 1 saturated heterocycles. The molecule has 2 amide bonds. The highest BCUT2D eigenvalue weighted by Gasteiger charge is 2.19. The third kappa shape index (κ3) is 6.40. The van der Waals surface area contributed by atoms with E-state index in [1.54, 1.807) is 6.20 Å². The van der Waals surface area contributed by atoms with Crippen LogP contribution in [0, 0.1) is 5.82 Å². The number of nitrogens with one attached hydrogen (secondary N) is 2. The van der Waals surface area contributed by atoms with Crippen molar-refractivity contribution in [2.45, 2.75) is 6.54 Å². The topological polar surface area (TPSA) is 77.6 Å². The summed E-state index contributed by atoms with van der Waals surface area (Å²) in [5, 5.41) is 5.23. The minimum absolute atomic E-state index is 0.115. The smallest absolute Gasteiger partial charge is 0.243 e. The van der Waals surface area contributed by atoms with Gasteiger partial charge in [0, 0.05) is 44.6 Å². The van der Waals surface area contributed by atoms with E-state index in [2.05, 4.69) is 25.4 Å². The summed E-state index contributed by atoms with van der Waals surface area (Å²) in [5.41, 5.74) is 1.53. The van der Waals surface area contributed by atoms with Gasteiger partial charge in [0.25, 0.3) is 0 Å². The quantitative estimate of drug-likeness (QED) is 0.746. The lowest BCUT2D eigenvalue weighted by atomic mass is 10.2. The molecule has 0 radical (unpaired) electrons. The molecule has 2 heterocycles. The van der Waals surface area contributed by atoms with Crippen molar-refractivity contribution in [1.82, 2.24) is 20.1 Å². The number of carbonyl (C=O) groups excluding carboxylic acids is 2. The Hall–Kier alpha value is -2.84. The molecule has 7 nitrogen and oxygen atoms in total. The number of amides is 2. The Labute approximate surface area is 163 Å². The monoisotopic (exact) mass is 385 g/mol. The van der Waals surface area contributed by atoms with Gasteiger partial charge in [0.05, 0.1) is 18.8 Å². The molecule has 0 spiro atoms. The summed E-state index contributed by atoms with van der Waals surface area (Å²) in [5.74, 6) is -0.904. The fourth-order valence-corrected chi connectivity index (χ4v) is 3.00. The van der Waals surface area contributed by atoms with Crippen LogP contribution in [0.25, 0.3) is 0 Å². The second-order valence-corrected chi connectivity index (χ2v) is 6.71. The molecule has 0 bridgehead atoms. The van der Waals surface area contributed by atoms with Gasteiger partial charge in [-0.25, -0.2) is 4.39 Å². The highest BCUT2D eigenvalue weighted by atomic mass is 19.1. The highest BCUT2D eigenvalue weighted by molar-refractivity contribution is 5.94. The largest absolute Gasteiger partial charge is 0.346 e. The lowest BCUT2D eigenvalue weighted by molar-refractivity contribution is -0.125. The first-order valence-corrected chi connectivity index (χ1v) is 9.25. The molecular formula is C20H24FN5O2. The lowest BCUT2D eigenvalue weighted by Crippen LogP contribution is -2.49. The Morgan fingerprint density at radius 1 is 0.964 bits per heavy atom. The second-order valence-electron chi connectivity index (χ2n) is 6.71. The summed E-state index contributed by atoms with van der Waals surface area (Å²) in [6.07, 6.45) is 1.79. The van der Waals surface area contributed by atoms with Crippen LogP contribution >= 0.6 is 0 Å². The predicted octanol–water partition coefficient (Wildman–Crippen LogP) is 1.09. The molecule has 0 aliphatic carbocycles. The number of piperazine rings is 1. The Bertz CT molecular complexity index is 777. The molecule has 1 aliphatic heterocycles. The Kier molecular flexibility index (Phi) is 7.05. The van der Waals surface area contributed by atoms with Crippen LogP contribution in [0.2, 0.25) is 0 Å². The van der Waals surface area contributed by atoms with Crippen LogP contribution in [0.5, 0.6) is 0 Å². The predicted molar refractivity (Wildman–Crippen MR) is 104 cm³/mol. The van der Waals surface area contributed by atoms with E-state index in [0.29, 0.717) is 5.69 Å². The van der Waals surface area contributed by atoms with Gasteiger partial charge in [-0.1, -0.05) is 6.07 Å². The minimum atomic E-state index is -0.369. The standard InChI is InChI=1S/C20H24FN5O2/c21-16-4-6-17(7-5-16)24-19(27)13-23-20(28)15-26-11-9-25(10-12-26)14-18-3-1-2-8-22-18/h1-8H,9-15H2,(H,23,28)(H,24,27). The normalized spacial score (nSPS) is 15.2. The fourth-order valence-electron chi connectivity index (χ4n) is 3.00. The van der Waals surface area contributed by atoms with Crippen molar-refractivity contribution < 1.29 is 14.0 Å². The second kappa shape index (κ2) is 9.91. The summed E-state index contributed by atoms with van der Waals surface area (Å²) >= 11 is 0. The Morgan fingerprint density at radius 2 is 1.68 bits per heavy atom. The number of rotatable bonds is 7. The van der Waals surface area contributed by atoms with Gasteiger partial charge in [0.1, 0.15) is 5.82 Å². The third-order valence-corrected chi connectivity index (χ3v) is 4.52. The summed E-state index contributed by atoms with van der Waals surface area (Å²) in [6, 6.07) is 11.4. The lowest BCUT2D eigenvalue weighted by Gasteiger charge is -2.34. The summed E-state index contributed by atoms with van der Waals surface area (Å²) in [6.45, 7) is 4.29. The summed E-state index contributed by atoms with van der Waals surface area (Å²) < 4.78 is 12.9. The molecule has 2 aromatic rings. The van der Waals surface area contributed by atoms with Crippen molar-refractivity contribution in [1.29, 1.82) is 0 Å². The zero-order valence-electron chi connectivity index (χ0n) is 15.6. The van der Waals surface area contributed by atoms with Crippen LogP contribution < -0.4 is 10.6 Å². The number of anilines is 1. The van der Waals surface area contributed by atoms with Crippen molar-refractivity contribution in [3.63, 3.8) is 0 Å². The van der Waals surface area contributed by atoms with Crippen molar-refractivity contribution in [3.8, 4) is 0 Å². The summed E-state index contributed by atoms with van der Waals surface area (Å²) in [7, 11) is 0. The van der Waals surface area contributed by atoms with Gasteiger partial charge in [-0.3, -0.25) is 24.4 Å². The molecule has 8 heteroatoms. The molecule has 28 heavy (non-hydrogen) atoms. The zero-order valence-corrected chi connectivity index (χ0v) is 15.6. The SMILES string of the molecule is O=C(CN1CCN(Cc2ccccn2)CC1)NCC(=O)Nc1ccc(F)cc1. The number of benzene rings is 1. The molecule has 1 aromatic carbocycles. The number of nitrogens with zero attached hydrogens (tertiary/aromatic N) is 3. The molecule has 148 valence electrons. The first kappa shape index (κ1) is 19.9. The molecule has 0 unspecified atom stereocenters. The molecule has 0 saturated carbocycles. The maximum absolute atomic E-state index is 12.9. The van der Waals surface area contributed by atoms with Crippen LogP contribution in [-0.4, -0.2) is 65.9 Å². The van der Waals surface area contributed by atoms with Crippen LogP contribution in [0.15, 0.2) is 48.7 Å². The number of hydrogen-bond acceptors (Lipinski definition) is 5. The molecule has 3 rings (SSSR count). The van der Waals surface area contributed by atoms with Crippen LogP contribution in [0.3, 0.4) is 0 Å². The van der Waals surface area contributed by atoms with Crippen molar-refractivity contribution in [3.05, 3.63) is 60.2 Å². The number of pyridine rings is 1. The van der Waals surface area contributed by atoms with Gasteiger partial charge in [-0.15, -0.1) is 0 Å². The Balaban J connectivity index is 1.33. The van der Waals surface area contributed by atoms with Crippen LogP contribution in [0.1, 0.15) is 5.69 Å². The average molecular weight is 385 g/mol. The number of aromatic nitrogens is 1. The average Bonchev–Trinajstić information content (AvgIpc) is 2.70. The van der Waals surface area contributed by atoms with Crippen molar-refractivity contribution in [2.24, 2.45) is 0 Å². The van der Waals surface area contributed by atoms with E-state index in [0.717, 1.165) is 38.4 Å². The first-order valence-electron chi connectivity index (χ1n) is 9.25. The van der Waals surface area contributed by atoms with E-state index in [9.17, 15) is 14.0 Å². The van der Waals surface area contributed by atoms with E-state index in [1.807, 2.05) is 18.2 Å².